The molecule has 4 fully saturated rings. The average Bonchev–Trinajstić information content (AvgIpc) is 2.32. The summed E-state index contributed by atoms with van der Waals surface area (Å²) < 4.78 is 17.0. The fraction of sp³-hybridized carbons (Fsp3) is 1.00. The number of nitrogens with zero attached hydrogens (tertiary/aromatic N) is 1. The summed E-state index contributed by atoms with van der Waals surface area (Å²) in [7, 11) is 0. The molecule has 0 spiro atoms. The average molecular weight is 214 g/mol. The molecule has 0 radical (unpaired) electrons. The van der Waals surface area contributed by atoms with Crippen LogP contribution in [0.5, 0.6) is 0 Å². The Bertz CT molecular complexity index is 209. The third-order valence-electron chi connectivity index (χ3n) is 3.24. The monoisotopic (exact) mass is 214 g/mol. The molecule has 4 saturated heterocycles. The second-order valence-corrected chi connectivity index (χ2v) is 4.51. The van der Waals surface area contributed by atoms with Crippen molar-refractivity contribution in [1.82, 2.24) is 10.2 Å². The van der Waals surface area contributed by atoms with Crippen LogP contribution in [0.1, 0.15) is 0 Å². The van der Waals surface area contributed by atoms with Gasteiger partial charge in [0.15, 0.2) is 0 Å². The molecule has 0 aliphatic carbocycles. The van der Waals surface area contributed by atoms with Crippen LogP contribution in [0.4, 0.5) is 0 Å². The summed E-state index contributed by atoms with van der Waals surface area (Å²) in [5.74, 6) is -0.318. The summed E-state index contributed by atoms with van der Waals surface area (Å²) in [6, 6.07) is 0. The molecule has 5 nitrogen and oxygen atoms in total. The van der Waals surface area contributed by atoms with Crippen molar-refractivity contribution in [2.45, 2.75) is 5.97 Å². The lowest BCUT2D eigenvalue weighted by Crippen LogP contribution is -2.60. The number of hydrogen-bond donors (Lipinski definition) is 1. The van der Waals surface area contributed by atoms with E-state index < -0.39 is 5.97 Å². The van der Waals surface area contributed by atoms with Crippen LogP contribution in [0.3, 0.4) is 0 Å². The maximum atomic E-state index is 5.66. The lowest BCUT2D eigenvalue weighted by Gasteiger charge is -2.47. The van der Waals surface area contributed by atoms with E-state index in [2.05, 4.69) is 10.2 Å². The van der Waals surface area contributed by atoms with Gasteiger partial charge in [0.2, 0.25) is 0 Å². The lowest BCUT2D eigenvalue weighted by molar-refractivity contribution is -0.450. The lowest BCUT2D eigenvalue weighted by atomic mass is 10.1. The van der Waals surface area contributed by atoms with Crippen LogP contribution in [0.25, 0.3) is 0 Å². The van der Waals surface area contributed by atoms with Gasteiger partial charge in [0, 0.05) is 32.1 Å². The third-order valence-corrected chi connectivity index (χ3v) is 3.24. The molecule has 4 rings (SSSR count). The van der Waals surface area contributed by atoms with Crippen LogP contribution < -0.4 is 5.32 Å². The first kappa shape index (κ1) is 9.99. The first-order valence-electron chi connectivity index (χ1n) is 5.71. The van der Waals surface area contributed by atoms with Crippen molar-refractivity contribution in [2.24, 2.45) is 5.92 Å². The zero-order valence-corrected chi connectivity index (χ0v) is 8.91. The van der Waals surface area contributed by atoms with Crippen molar-refractivity contribution in [3.05, 3.63) is 0 Å². The Morgan fingerprint density at radius 3 is 2.27 bits per heavy atom. The SMILES string of the molecule is C1CN(CC23OCC(CO2)CO3)CCN1. The van der Waals surface area contributed by atoms with Crippen LogP contribution in [0.15, 0.2) is 0 Å². The molecule has 1 N–H and O–H groups in total. The second-order valence-electron chi connectivity index (χ2n) is 4.51. The predicted octanol–water partition coefficient (Wildman–Crippen LogP) is -0.761. The Kier molecular flexibility index (Phi) is 2.66. The van der Waals surface area contributed by atoms with Crippen molar-refractivity contribution in [1.29, 1.82) is 0 Å². The quantitative estimate of drug-likeness (QED) is 0.654. The molecule has 4 heterocycles. The van der Waals surface area contributed by atoms with Crippen LogP contribution >= 0.6 is 0 Å². The highest BCUT2D eigenvalue weighted by Gasteiger charge is 2.45. The number of piperazine rings is 1. The van der Waals surface area contributed by atoms with Gasteiger partial charge in [-0.25, -0.2) is 0 Å². The standard InChI is InChI=1S/C10H18N2O3/c1-3-12(4-2-11-1)8-10-13-5-9(6-14-10)7-15-10/h9,11H,1-8H2. The highest BCUT2D eigenvalue weighted by atomic mass is 16.9. The van der Waals surface area contributed by atoms with E-state index in [1.54, 1.807) is 0 Å². The number of fused-ring (bicyclic) bond motifs is 3. The van der Waals surface area contributed by atoms with Gasteiger partial charge in [0.1, 0.15) is 0 Å². The summed E-state index contributed by atoms with van der Waals surface area (Å²) in [6.07, 6.45) is 0. The number of ether oxygens (including phenoxy) is 3. The maximum absolute atomic E-state index is 5.66. The summed E-state index contributed by atoms with van der Waals surface area (Å²) in [5.41, 5.74) is 0. The Morgan fingerprint density at radius 1 is 1.07 bits per heavy atom. The first-order valence-corrected chi connectivity index (χ1v) is 5.71. The molecule has 15 heavy (non-hydrogen) atoms. The molecule has 0 atom stereocenters. The molecule has 86 valence electrons. The van der Waals surface area contributed by atoms with Gasteiger partial charge in [-0.1, -0.05) is 0 Å². The maximum Gasteiger partial charge on any atom is 0.296 e. The zero-order chi connectivity index (χ0) is 10.1. The Hall–Kier alpha value is -0.200. The molecule has 0 saturated carbocycles. The molecule has 0 unspecified atom stereocenters. The summed E-state index contributed by atoms with van der Waals surface area (Å²) in [5, 5.41) is 3.33. The minimum Gasteiger partial charge on any atom is -0.326 e. The van der Waals surface area contributed by atoms with Gasteiger partial charge in [-0.05, 0) is 0 Å². The molecule has 0 aromatic heterocycles. The van der Waals surface area contributed by atoms with E-state index in [0.717, 1.165) is 52.5 Å². The number of nitrogens with one attached hydrogen (secondary N) is 1. The molecule has 4 aliphatic rings. The van der Waals surface area contributed by atoms with Crippen molar-refractivity contribution in [2.75, 3.05) is 52.5 Å². The Morgan fingerprint density at radius 2 is 1.67 bits per heavy atom. The molecule has 5 heteroatoms. The molecular formula is C10H18N2O3. The number of hydrogen-bond acceptors (Lipinski definition) is 5. The van der Waals surface area contributed by atoms with Gasteiger partial charge in [-0.3, -0.25) is 4.90 Å². The van der Waals surface area contributed by atoms with Crippen LogP contribution in [-0.4, -0.2) is 63.4 Å². The van der Waals surface area contributed by atoms with E-state index >= 15 is 0 Å². The van der Waals surface area contributed by atoms with Crippen molar-refractivity contribution < 1.29 is 14.2 Å². The van der Waals surface area contributed by atoms with Crippen LogP contribution in [0.2, 0.25) is 0 Å². The molecule has 0 amide bonds. The predicted molar refractivity (Wildman–Crippen MR) is 53.4 cm³/mol. The minimum absolute atomic E-state index is 0.440. The largest absolute Gasteiger partial charge is 0.326 e. The van der Waals surface area contributed by atoms with E-state index in [-0.39, 0.29) is 0 Å². The summed E-state index contributed by atoms with van der Waals surface area (Å²) >= 11 is 0. The van der Waals surface area contributed by atoms with E-state index in [1.165, 1.54) is 0 Å². The van der Waals surface area contributed by atoms with E-state index in [1.807, 2.05) is 0 Å². The molecular weight excluding hydrogens is 196 g/mol. The molecule has 0 aromatic carbocycles. The van der Waals surface area contributed by atoms with Gasteiger partial charge >= 0.3 is 0 Å². The first-order chi connectivity index (χ1) is 7.36. The zero-order valence-electron chi connectivity index (χ0n) is 8.91. The smallest absolute Gasteiger partial charge is 0.296 e. The van der Waals surface area contributed by atoms with Gasteiger partial charge in [-0.15, -0.1) is 0 Å². The van der Waals surface area contributed by atoms with Gasteiger partial charge < -0.3 is 19.5 Å². The Balaban J connectivity index is 1.60. The summed E-state index contributed by atoms with van der Waals surface area (Å²) in [4.78, 5) is 2.34. The number of rotatable bonds is 2. The highest BCUT2D eigenvalue weighted by molar-refractivity contribution is 4.79. The fourth-order valence-electron chi connectivity index (χ4n) is 2.28. The van der Waals surface area contributed by atoms with Crippen molar-refractivity contribution in [3.8, 4) is 0 Å². The highest BCUT2D eigenvalue weighted by Crippen LogP contribution is 2.30. The van der Waals surface area contributed by atoms with Crippen molar-refractivity contribution >= 4 is 0 Å². The van der Waals surface area contributed by atoms with Gasteiger partial charge in [0.25, 0.3) is 5.97 Å². The van der Waals surface area contributed by atoms with Gasteiger partial charge in [-0.2, -0.15) is 0 Å². The fourth-order valence-corrected chi connectivity index (χ4v) is 2.28. The summed E-state index contributed by atoms with van der Waals surface area (Å²) in [6.45, 7) is 7.26. The molecule has 2 bridgehead atoms. The topological polar surface area (TPSA) is 43.0 Å². The van der Waals surface area contributed by atoms with Crippen molar-refractivity contribution in [3.63, 3.8) is 0 Å². The molecule has 4 aliphatic heterocycles. The van der Waals surface area contributed by atoms with Crippen LogP contribution in [0, 0.1) is 5.92 Å². The van der Waals surface area contributed by atoms with E-state index in [4.69, 9.17) is 14.2 Å². The molecule has 0 aromatic rings. The van der Waals surface area contributed by atoms with E-state index in [9.17, 15) is 0 Å². The second kappa shape index (κ2) is 3.99. The van der Waals surface area contributed by atoms with E-state index in [0.29, 0.717) is 5.92 Å². The third kappa shape index (κ3) is 2.03. The van der Waals surface area contributed by atoms with Crippen LogP contribution in [-0.2, 0) is 14.2 Å². The van der Waals surface area contributed by atoms with Gasteiger partial charge in [0.05, 0.1) is 26.4 Å². The Labute approximate surface area is 89.7 Å². The minimum atomic E-state index is -0.758. The normalized spacial score (nSPS) is 42.0.